The van der Waals surface area contributed by atoms with Crippen LogP contribution >= 0.6 is 23.2 Å². The maximum Gasteiger partial charge on any atom is 0.226 e. The summed E-state index contributed by atoms with van der Waals surface area (Å²) >= 11 is 11.9. The van der Waals surface area contributed by atoms with Crippen LogP contribution in [0.4, 0.5) is 0 Å². The SMILES string of the molecule is CCN(Cc1ccc(Cl)c(Cl)c1)C(=O)C(C)C1CNC1. The van der Waals surface area contributed by atoms with Gasteiger partial charge in [-0.05, 0) is 43.6 Å². The molecule has 0 bridgehead atoms. The Kier molecular flexibility index (Phi) is 5.30. The second-order valence-electron chi connectivity index (χ2n) is 5.31. The first-order valence-electron chi connectivity index (χ1n) is 6.96. The summed E-state index contributed by atoms with van der Waals surface area (Å²) in [5, 5.41) is 4.29. The average Bonchev–Trinajstić information content (AvgIpc) is 2.37. The lowest BCUT2D eigenvalue weighted by atomic mass is 9.88. The van der Waals surface area contributed by atoms with Gasteiger partial charge in [-0.3, -0.25) is 4.79 Å². The predicted octanol–water partition coefficient (Wildman–Crippen LogP) is 3.20. The first-order valence-corrected chi connectivity index (χ1v) is 7.72. The molecule has 0 aromatic heterocycles. The van der Waals surface area contributed by atoms with Gasteiger partial charge in [0.05, 0.1) is 10.0 Å². The van der Waals surface area contributed by atoms with Crippen LogP contribution in [0.5, 0.6) is 0 Å². The number of rotatable bonds is 5. The molecule has 20 heavy (non-hydrogen) atoms. The van der Waals surface area contributed by atoms with E-state index >= 15 is 0 Å². The topological polar surface area (TPSA) is 32.3 Å². The molecule has 1 atom stereocenters. The van der Waals surface area contributed by atoms with Gasteiger partial charge in [-0.25, -0.2) is 0 Å². The molecule has 0 radical (unpaired) electrons. The predicted molar refractivity (Wildman–Crippen MR) is 83.1 cm³/mol. The van der Waals surface area contributed by atoms with Crippen LogP contribution < -0.4 is 5.32 Å². The highest BCUT2D eigenvalue weighted by atomic mass is 35.5. The highest BCUT2D eigenvalue weighted by molar-refractivity contribution is 6.42. The van der Waals surface area contributed by atoms with Crippen molar-refractivity contribution in [2.45, 2.75) is 20.4 Å². The second kappa shape index (κ2) is 6.79. The van der Waals surface area contributed by atoms with Gasteiger partial charge in [0.25, 0.3) is 0 Å². The second-order valence-corrected chi connectivity index (χ2v) is 6.12. The van der Waals surface area contributed by atoms with Crippen LogP contribution in [0.1, 0.15) is 19.4 Å². The van der Waals surface area contributed by atoms with E-state index in [1.54, 1.807) is 6.07 Å². The number of nitrogens with zero attached hydrogens (tertiary/aromatic N) is 1. The van der Waals surface area contributed by atoms with Gasteiger partial charge in [-0.15, -0.1) is 0 Å². The van der Waals surface area contributed by atoms with Crippen molar-refractivity contribution in [1.29, 1.82) is 0 Å². The van der Waals surface area contributed by atoms with Crippen LogP contribution in [0.15, 0.2) is 18.2 Å². The molecule has 1 fully saturated rings. The molecule has 0 saturated carbocycles. The summed E-state index contributed by atoms with van der Waals surface area (Å²) in [4.78, 5) is 14.4. The van der Waals surface area contributed by atoms with E-state index in [4.69, 9.17) is 23.2 Å². The van der Waals surface area contributed by atoms with Crippen molar-refractivity contribution in [3.8, 4) is 0 Å². The molecule has 2 rings (SSSR count). The lowest BCUT2D eigenvalue weighted by Gasteiger charge is -2.34. The molecular formula is C15H20Cl2N2O. The van der Waals surface area contributed by atoms with E-state index in [2.05, 4.69) is 5.32 Å². The van der Waals surface area contributed by atoms with Gasteiger partial charge >= 0.3 is 0 Å². The Hall–Kier alpha value is -0.770. The summed E-state index contributed by atoms with van der Waals surface area (Å²) in [5.41, 5.74) is 1.01. The third-order valence-corrected chi connectivity index (χ3v) is 4.70. The Morgan fingerprint density at radius 2 is 2.10 bits per heavy atom. The Morgan fingerprint density at radius 3 is 2.60 bits per heavy atom. The molecule has 1 amide bonds. The van der Waals surface area contributed by atoms with Crippen molar-refractivity contribution < 1.29 is 4.79 Å². The number of hydrogen-bond donors (Lipinski definition) is 1. The number of nitrogens with one attached hydrogen (secondary N) is 1. The van der Waals surface area contributed by atoms with Gasteiger partial charge in [0, 0.05) is 19.0 Å². The maximum atomic E-state index is 12.5. The monoisotopic (exact) mass is 314 g/mol. The third-order valence-electron chi connectivity index (χ3n) is 3.96. The van der Waals surface area contributed by atoms with Crippen molar-refractivity contribution in [3.05, 3.63) is 33.8 Å². The van der Waals surface area contributed by atoms with E-state index in [0.29, 0.717) is 29.1 Å². The van der Waals surface area contributed by atoms with E-state index in [9.17, 15) is 4.79 Å². The van der Waals surface area contributed by atoms with Crippen LogP contribution in [-0.2, 0) is 11.3 Å². The first-order chi connectivity index (χ1) is 9.52. The van der Waals surface area contributed by atoms with E-state index < -0.39 is 0 Å². The summed E-state index contributed by atoms with van der Waals surface area (Å²) in [6, 6.07) is 5.52. The quantitative estimate of drug-likeness (QED) is 0.905. The summed E-state index contributed by atoms with van der Waals surface area (Å²) < 4.78 is 0. The normalized spacial score (nSPS) is 16.6. The Labute approximate surface area is 130 Å². The summed E-state index contributed by atoms with van der Waals surface area (Å²) in [7, 11) is 0. The molecule has 1 saturated heterocycles. The van der Waals surface area contributed by atoms with Crippen molar-refractivity contribution in [3.63, 3.8) is 0 Å². The molecule has 5 heteroatoms. The number of hydrogen-bond acceptors (Lipinski definition) is 2. The van der Waals surface area contributed by atoms with Gasteiger partial charge in [0.1, 0.15) is 0 Å². The Balaban J connectivity index is 2.03. The van der Waals surface area contributed by atoms with Crippen LogP contribution in [-0.4, -0.2) is 30.4 Å². The van der Waals surface area contributed by atoms with Gasteiger partial charge in [0.2, 0.25) is 5.91 Å². The molecule has 1 aliphatic heterocycles. The molecular weight excluding hydrogens is 295 g/mol. The fourth-order valence-electron chi connectivity index (χ4n) is 2.36. The molecule has 3 nitrogen and oxygen atoms in total. The third kappa shape index (κ3) is 3.46. The molecule has 1 unspecified atom stereocenters. The van der Waals surface area contributed by atoms with Crippen LogP contribution in [0.3, 0.4) is 0 Å². The standard InChI is InChI=1S/C15H20Cl2N2O/c1-3-19(15(20)10(2)12-7-18-8-12)9-11-4-5-13(16)14(17)6-11/h4-6,10,12,18H,3,7-9H2,1-2H3. The molecule has 0 aliphatic carbocycles. The van der Waals surface area contributed by atoms with Crippen LogP contribution in [0, 0.1) is 11.8 Å². The Morgan fingerprint density at radius 1 is 1.40 bits per heavy atom. The maximum absolute atomic E-state index is 12.5. The smallest absolute Gasteiger partial charge is 0.226 e. The first kappa shape index (κ1) is 15.6. The van der Waals surface area contributed by atoms with Crippen LogP contribution in [0.2, 0.25) is 10.0 Å². The fraction of sp³-hybridized carbons (Fsp3) is 0.533. The zero-order valence-electron chi connectivity index (χ0n) is 11.8. The minimum absolute atomic E-state index is 0.0685. The summed E-state index contributed by atoms with van der Waals surface area (Å²) in [5.74, 6) is 0.745. The van der Waals surface area contributed by atoms with Crippen LogP contribution in [0.25, 0.3) is 0 Å². The molecule has 1 aromatic rings. The molecule has 1 aromatic carbocycles. The molecule has 1 heterocycles. The van der Waals surface area contributed by atoms with E-state index in [-0.39, 0.29) is 11.8 Å². The summed E-state index contributed by atoms with van der Waals surface area (Å²) in [6.45, 7) is 7.18. The highest BCUT2D eigenvalue weighted by Gasteiger charge is 2.31. The van der Waals surface area contributed by atoms with E-state index in [1.807, 2.05) is 30.9 Å². The number of benzene rings is 1. The van der Waals surface area contributed by atoms with Crippen molar-refractivity contribution in [2.75, 3.05) is 19.6 Å². The molecule has 1 N–H and O–H groups in total. The fourth-order valence-corrected chi connectivity index (χ4v) is 2.68. The summed E-state index contributed by atoms with van der Waals surface area (Å²) in [6.07, 6.45) is 0. The highest BCUT2D eigenvalue weighted by Crippen LogP contribution is 2.24. The zero-order chi connectivity index (χ0) is 14.7. The lowest BCUT2D eigenvalue weighted by molar-refractivity contribution is -0.137. The molecule has 0 spiro atoms. The van der Waals surface area contributed by atoms with E-state index in [1.165, 1.54) is 0 Å². The largest absolute Gasteiger partial charge is 0.338 e. The number of carbonyl (C=O) groups is 1. The lowest BCUT2D eigenvalue weighted by Crippen LogP contribution is -2.50. The molecule has 110 valence electrons. The molecule has 1 aliphatic rings. The zero-order valence-corrected chi connectivity index (χ0v) is 13.3. The van der Waals surface area contributed by atoms with E-state index in [0.717, 1.165) is 18.7 Å². The number of amides is 1. The average molecular weight is 315 g/mol. The van der Waals surface area contributed by atoms with Crippen molar-refractivity contribution in [1.82, 2.24) is 10.2 Å². The Bertz CT molecular complexity index is 489. The van der Waals surface area contributed by atoms with Gasteiger partial charge in [0.15, 0.2) is 0 Å². The number of carbonyl (C=O) groups excluding carboxylic acids is 1. The minimum Gasteiger partial charge on any atom is -0.338 e. The number of halogens is 2. The van der Waals surface area contributed by atoms with Gasteiger partial charge in [-0.1, -0.05) is 36.2 Å². The van der Waals surface area contributed by atoms with Crippen molar-refractivity contribution >= 4 is 29.1 Å². The van der Waals surface area contributed by atoms with Gasteiger partial charge < -0.3 is 10.2 Å². The van der Waals surface area contributed by atoms with Gasteiger partial charge in [-0.2, -0.15) is 0 Å². The van der Waals surface area contributed by atoms with Crippen molar-refractivity contribution in [2.24, 2.45) is 11.8 Å². The minimum atomic E-state index is 0.0685.